The second-order valence-electron chi connectivity index (χ2n) is 4.77. The quantitative estimate of drug-likeness (QED) is 0.797. The Labute approximate surface area is 127 Å². The Hall–Kier alpha value is -2.67. The molecule has 22 heavy (non-hydrogen) atoms. The Morgan fingerprint density at radius 3 is 2.68 bits per heavy atom. The van der Waals surface area contributed by atoms with Crippen molar-refractivity contribution in [3.8, 4) is 0 Å². The van der Waals surface area contributed by atoms with Crippen molar-refractivity contribution in [3.05, 3.63) is 60.6 Å². The maximum atomic E-state index is 12.5. The van der Waals surface area contributed by atoms with Crippen molar-refractivity contribution in [2.45, 2.75) is 4.90 Å². The maximum Gasteiger partial charge on any atom is 0.281 e. The number of nitrogens with zero attached hydrogens (tertiary/aromatic N) is 2. The monoisotopic (exact) mass is 315 g/mol. The highest BCUT2D eigenvalue weighted by Crippen LogP contribution is 2.21. The third-order valence-corrected chi connectivity index (χ3v) is 4.69. The van der Waals surface area contributed by atoms with E-state index in [2.05, 4.69) is 9.71 Å². The van der Waals surface area contributed by atoms with Crippen molar-refractivity contribution in [2.75, 3.05) is 0 Å². The summed E-state index contributed by atoms with van der Waals surface area (Å²) >= 11 is 0. The summed E-state index contributed by atoms with van der Waals surface area (Å²) in [5, 5.41) is 0.470. The van der Waals surface area contributed by atoms with Crippen molar-refractivity contribution in [1.29, 1.82) is 0 Å². The Morgan fingerprint density at radius 2 is 1.95 bits per heavy atom. The van der Waals surface area contributed by atoms with Crippen LogP contribution in [0.25, 0.3) is 10.9 Å². The summed E-state index contributed by atoms with van der Waals surface area (Å²) in [7, 11) is -2.31. The fourth-order valence-electron chi connectivity index (χ4n) is 2.24. The average molecular weight is 315 g/mol. The molecule has 112 valence electrons. The van der Waals surface area contributed by atoms with Crippen LogP contribution in [0, 0.1) is 0 Å². The van der Waals surface area contributed by atoms with Crippen molar-refractivity contribution < 1.29 is 13.2 Å². The topological polar surface area (TPSA) is 81.1 Å². The summed E-state index contributed by atoms with van der Waals surface area (Å²) in [6.07, 6.45) is 3.25. The first-order chi connectivity index (χ1) is 10.5. The standard InChI is InChI=1S/C15H13N3O3S/c1-18-10-4-7-13(18)15(19)17-22(20,21)14-8-2-6-12-11(14)5-3-9-16-12/h2-10H,1H3,(H,17,19). The van der Waals surface area contributed by atoms with Gasteiger partial charge in [-0.05, 0) is 36.4 Å². The van der Waals surface area contributed by atoms with E-state index in [1.54, 1.807) is 60.4 Å². The first-order valence-corrected chi connectivity index (χ1v) is 7.99. The lowest BCUT2D eigenvalue weighted by molar-refractivity contribution is 0.0973. The van der Waals surface area contributed by atoms with Crippen LogP contribution in [0.15, 0.2) is 59.8 Å². The molecule has 7 heteroatoms. The summed E-state index contributed by atoms with van der Waals surface area (Å²) in [6, 6.07) is 11.3. The lowest BCUT2D eigenvalue weighted by Gasteiger charge is -2.09. The van der Waals surface area contributed by atoms with E-state index < -0.39 is 15.9 Å². The number of sulfonamides is 1. The zero-order valence-corrected chi connectivity index (χ0v) is 12.5. The minimum Gasteiger partial charge on any atom is -0.347 e. The van der Waals surface area contributed by atoms with Crippen molar-refractivity contribution in [1.82, 2.24) is 14.3 Å². The van der Waals surface area contributed by atoms with Gasteiger partial charge in [0.1, 0.15) is 5.69 Å². The molecule has 0 spiro atoms. The molecule has 1 N–H and O–H groups in total. The number of pyridine rings is 1. The van der Waals surface area contributed by atoms with Gasteiger partial charge in [0.15, 0.2) is 0 Å². The van der Waals surface area contributed by atoms with Crippen LogP contribution in [0.2, 0.25) is 0 Å². The Morgan fingerprint density at radius 1 is 1.14 bits per heavy atom. The molecule has 0 bridgehead atoms. The summed E-state index contributed by atoms with van der Waals surface area (Å²) in [5.74, 6) is -0.673. The number of hydrogen-bond donors (Lipinski definition) is 1. The van der Waals surface area contributed by atoms with Gasteiger partial charge >= 0.3 is 0 Å². The molecule has 0 unspecified atom stereocenters. The van der Waals surface area contributed by atoms with E-state index in [0.29, 0.717) is 10.9 Å². The number of amides is 1. The highest BCUT2D eigenvalue weighted by atomic mass is 32.2. The van der Waals surface area contributed by atoms with Crippen LogP contribution in [-0.2, 0) is 17.1 Å². The summed E-state index contributed by atoms with van der Waals surface area (Å²) in [4.78, 5) is 16.3. The third kappa shape index (κ3) is 2.46. The van der Waals surface area contributed by atoms with Crippen molar-refractivity contribution in [2.24, 2.45) is 7.05 Å². The number of rotatable bonds is 3. The summed E-state index contributed by atoms with van der Waals surface area (Å²) in [5.41, 5.74) is 0.818. The van der Waals surface area contributed by atoms with Gasteiger partial charge in [0, 0.05) is 24.8 Å². The van der Waals surface area contributed by atoms with Gasteiger partial charge in [0.05, 0.1) is 10.4 Å². The van der Waals surface area contributed by atoms with E-state index in [4.69, 9.17) is 0 Å². The van der Waals surface area contributed by atoms with Crippen LogP contribution in [-0.4, -0.2) is 23.9 Å². The normalized spacial score (nSPS) is 11.5. The Kier molecular flexibility index (Phi) is 3.42. The molecular formula is C15H13N3O3S. The molecule has 0 saturated heterocycles. The van der Waals surface area contributed by atoms with Crippen LogP contribution in [0.1, 0.15) is 10.5 Å². The average Bonchev–Trinajstić information content (AvgIpc) is 2.92. The Balaban J connectivity index is 2.02. The van der Waals surface area contributed by atoms with E-state index in [1.807, 2.05) is 0 Å². The molecule has 1 aromatic carbocycles. The van der Waals surface area contributed by atoms with E-state index in [-0.39, 0.29) is 10.6 Å². The predicted molar refractivity (Wildman–Crippen MR) is 81.8 cm³/mol. The van der Waals surface area contributed by atoms with Crippen LogP contribution in [0.3, 0.4) is 0 Å². The molecule has 0 aliphatic carbocycles. The largest absolute Gasteiger partial charge is 0.347 e. The van der Waals surface area contributed by atoms with Gasteiger partial charge in [0.25, 0.3) is 15.9 Å². The van der Waals surface area contributed by atoms with Gasteiger partial charge < -0.3 is 4.57 Å². The molecule has 0 saturated carbocycles. The number of hydrogen-bond acceptors (Lipinski definition) is 4. The van der Waals surface area contributed by atoms with Crippen molar-refractivity contribution in [3.63, 3.8) is 0 Å². The lowest BCUT2D eigenvalue weighted by Crippen LogP contribution is -2.31. The highest BCUT2D eigenvalue weighted by molar-refractivity contribution is 7.90. The fraction of sp³-hybridized carbons (Fsp3) is 0.0667. The number of carbonyl (C=O) groups is 1. The molecule has 0 radical (unpaired) electrons. The second-order valence-corrected chi connectivity index (χ2v) is 6.42. The molecule has 0 atom stereocenters. The molecule has 6 nitrogen and oxygen atoms in total. The molecule has 2 aromatic heterocycles. The molecule has 0 fully saturated rings. The molecule has 3 rings (SSSR count). The molecule has 2 heterocycles. The fourth-order valence-corrected chi connectivity index (χ4v) is 3.41. The minimum absolute atomic E-state index is 0.0284. The minimum atomic E-state index is -3.98. The summed E-state index contributed by atoms with van der Waals surface area (Å²) < 4.78 is 28.6. The molecule has 0 aliphatic heterocycles. The zero-order chi connectivity index (χ0) is 15.7. The van der Waals surface area contributed by atoms with Gasteiger partial charge in [-0.1, -0.05) is 6.07 Å². The van der Waals surface area contributed by atoms with Crippen LogP contribution >= 0.6 is 0 Å². The molecule has 0 aliphatic rings. The molecule has 1 amide bonds. The predicted octanol–water partition coefficient (Wildman–Crippen LogP) is 1.69. The van der Waals surface area contributed by atoms with Crippen LogP contribution < -0.4 is 4.72 Å². The van der Waals surface area contributed by atoms with E-state index >= 15 is 0 Å². The summed E-state index contributed by atoms with van der Waals surface area (Å²) in [6.45, 7) is 0. The number of carbonyl (C=O) groups excluding carboxylic acids is 1. The number of aromatic nitrogens is 2. The van der Waals surface area contributed by atoms with Gasteiger partial charge in [-0.2, -0.15) is 0 Å². The Bertz CT molecular complexity index is 956. The maximum absolute atomic E-state index is 12.5. The lowest BCUT2D eigenvalue weighted by atomic mass is 10.2. The first kappa shape index (κ1) is 14.3. The first-order valence-electron chi connectivity index (χ1n) is 6.51. The number of nitrogens with one attached hydrogen (secondary N) is 1. The molecular weight excluding hydrogens is 302 g/mol. The smallest absolute Gasteiger partial charge is 0.281 e. The number of fused-ring (bicyclic) bond motifs is 1. The number of benzene rings is 1. The van der Waals surface area contributed by atoms with E-state index in [0.717, 1.165) is 0 Å². The van der Waals surface area contributed by atoms with E-state index in [9.17, 15) is 13.2 Å². The molecule has 3 aromatic rings. The number of aryl methyl sites for hydroxylation is 1. The van der Waals surface area contributed by atoms with Crippen LogP contribution in [0.5, 0.6) is 0 Å². The van der Waals surface area contributed by atoms with Gasteiger partial charge in [0.2, 0.25) is 0 Å². The van der Waals surface area contributed by atoms with Gasteiger partial charge in [-0.25, -0.2) is 13.1 Å². The van der Waals surface area contributed by atoms with Gasteiger partial charge in [-0.3, -0.25) is 9.78 Å². The third-order valence-electron chi connectivity index (χ3n) is 3.30. The second kappa shape index (κ2) is 5.27. The van der Waals surface area contributed by atoms with E-state index in [1.165, 1.54) is 6.07 Å². The van der Waals surface area contributed by atoms with Crippen molar-refractivity contribution >= 4 is 26.8 Å². The SMILES string of the molecule is Cn1cccc1C(=O)NS(=O)(=O)c1cccc2ncccc12. The van der Waals surface area contributed by atoms with Gasteiger partial charge in [-0.15, -0.1) is 0 Å². The van der Waals surface area contributed by atoms with Crippen LogP contribution in [0.4, 0.5) is 0 Å². The zero-order valence-electron chi connectivity index (χ0n) is 11.7. The highest BCUT2D eigenvalue weighted by Gasteiger charge is 2.22.